The second-order valence-corrected chi connectivity index (χ2v) is 35.7. The fourth-order valence-electron chi connectivity index (χ4n) is 21.4. The number of piperazine rings is 5. The van der Waals surface area contributed by atoms with Gasteiger partial charge in [0.15, 0.2) is 57.5 Å². The van der Waals surface area contributed by atoms with Gasteiger partial charge in [-0.1, -0.05) is 121 Å². The lowest BCUT2D eigenvalue weighted by Crippen LogP contribution is -2.62. The van der Waals surface area contributed by atoms with Gasteiger partial charge in [-0.15, -0.1) is 0 Å². The molecule has 10 aromatic carbocycles. The average Bonchev–Trinajstić information content (AvgIpc) is 1.66. The van der Waals surface area contributed by atoms with Crippen LogP contribution in [0.5, 0.6) is 57.5 Å². The van der Waals surface area contributed by atoms with E-state index in [0.717, 1.165) is 35.9 Å². The van der Waals surface area contributed by atoms with Crippen LogP contribution in [0.15, 0.2) is 212 Å². The maximum Gasteiger partial charge on any atom is 0.245 e. The monoisotopic (exact) mass is 1980 g/mol. The molecule has 10 amide bonds. The SMILES string of the molecule is [2H]C([2H])([2H])N1CC(=O)N2[C@H](Cc3c([nH]c4ccccc34)[C@@]2([2H])c2ccc3c(c2)OCO3)C1=O.[2H]C1([2H])Oc2ccc([C@]3([2H])c4[nH]c5ccccc5c4C[C@@H]4C(=O)N(C([2H])([2H])[2H])CC(=O)N43)cc2O1.[2H]c1c([2H])c([2H])c2c3c([nH]c2c1[2H])[C@@]([2H])(c1ccc2c(c1)OC([2H])([2H])O2)N1C(=O)CN(C([2H])([2H])[2H])C(=O)[C@H]1C3.[2H]c1c([2H])c([2H])c2c3c([nH]c2c1[2H])[C@@]([2H])(c1ccc2c(c1)OCO2)N1C(=O)CN(C([2H])([2H])[2H])C(=O)[C@H]1C3.[2H]c1c([2H])c([C@]2([2H])c3[nH]c4ccccc4c3C[C@@H]3C(=O)N(C([2H])([2H])[2H])CC(=O)N32)c([2H])c2c1OCO2. The summed E-state index contributed by atoms with van der Waals surface area (Å²) in [6.45, 7) is -23.0. The Morgan fingerprint density at radius 1 is 0.276 bits per heavy atom. The Hall–Kier alpha value is -17.4. The molecule has 5 N–H and O–H groups in total. The van der Waals surface area contributed by atoms with Crippen LogP contribution in [0.3, 0.4) is 0 Å². The zero-order chi connectivity index (χ0) is 129. The average molecular weight is 1980 g/mol. The normalized spacial score (nSPS) is 30.0. The van der Waals surface area contributed by atoms with Crippen LogP contribution in [0, 0.1) is 0 Å². The molecule has 0 unspecified atom stereocenters. The maximum atomic E-state index is 13.5. The molecule has 0 spiro atoms. The van der Waals surface area contributed by atoms with Crippen molar-refractivity contribution < 1.29 is 143 Å². The molecule has 10 atom stereocenters. The number of fused-ring (bicyclic) bond motifs is 25. The van der Waals surface area contributed by atoms with E-state index in [9.17, 15) is 54.8 Å². The first-order valence-electron chi connectivity index (χ1n) is 62.9. The molecule has 0 radical (unpaired) electrons. The fourth-order valence-corrected chi connectivity index (χ4v) is 21.4. The number of hydrogen-bond acceptors (Lipinski definition) is 20. The number of hydrogen-bond donors (Lipinski definition) is 5. The van der Waals surface area contributed by atoms with Gasteiger partial charge in [0.25, 0.3) is 0 Å². The Kier molecular flexibility index (Phi) is 13.6. The molecule has 0 aliphatic carbocycles. The maximum absolute atomic E-state index is 13.5. The highest BCUT2D eigenvalue weighted by molar-refractivity contribution is 6.03. The quantitative estimate of drug-likeness (QED) is 0.107. The van der Waals surface area contributed by atoms with Crippen LogP contribution in [0.1, 0.15) is 162 Å². The van der Waals surface area contributed by atoms with Crippen molar-refractivity contribution in [2.45, 2.75) is 92.4 Å². The molecule has 0 saturated carbocycles. The van der Waals surface area contributed by atoms with Gasteiger partial charge in [-0.3, -0.25) is 47.9 Å². The van der Waals surface area contributed by atoms with Crippen LogP contribution >= 0.6 is 0 Å². The first kappa shape index (κ1) is 58.1. The minimum absolute atomic E-state index is 0.00823. The standard InChI is InChI=1S/5C22H19N3O4/c5*1-24-10-19(26)25-16(22(24)27)9-14-13-4-2-3-5-15(13)23-20(14)21(25)12-6-7-17-18(8-12)29-11-28-17/h5*2-8,16,21,23H,9-11H2,1H3/t5*16-,21-/m11111/s1/i1D3,2D,3D,4D,5D,11D2,21D;1D3,2D,3D,4D,5D,21D;1D3,6D,7D,8D,21D;1D3,11D2,21D;1D3,21D. The van der Waals surface area contributed by atoms with E-state index in [0.29, 0.717) is 97.6 Å². The molecule has 5 aromatic heterocycles. The summed E-state index contributed by atoms with van der Waals surface area (Å²) in [6.07, 6.45) is -0.440. The summed E-state index contributed by atoms with van der Waals surface area (Å²) in [5, 5.41) is 2.37. The predicted molar refractivity (Wildman–Crippen MR) is 523 cm³/mol. The zero-order valence-electron chi connectivity index (χ0n) is 110. The number of H-pyrrole nitrogens is 5. The Labute approximate surface area is 875 Å². The Morgan fingerprint density at radius 2 is 0.538 bits per heavy atom. The summed E-state index contributed by atoms with van der Waals surface area (Å²) in [5.74, 6) is -6.21. The van der Waals surface area contributed by atoms with Gasteiger partial charge in [-0.25, -0.2) is 0 Å². The van der Waals surface area contributed by atoms with Crippen molar-refractivity contribution in [2.24, 2.45) is 0 Å². The van der Waals surface area contributed by atoms with Crippen LogP contribution in [-0.2, 0) is 80.0 Å². The third-order valence-corrected chi connectivity index (χ3v) is 27.7. The molecule has 15 aromatic rings. The summed E-state index contributed by atoms with van der Waals surface area (Å²) in [7, 11) is 0. The molecule has 30 rings (SSSR count). The predicted octanol–water partition coefficient (Wildman–Crippen LogP) is 11.1. The third-order valence-electron chi connectivity index (χ3n) is 27.7. The van der Waals surface area contributed by atoms with Crippen LogP contribution in [-0.4, -0.2) is 265 Å². The van der Waals surface area contributed by atoms with Crippen LogP contribution in [0.25, 0.3) is 54.5 Å². The molecule has 145 heavy (non-hydrogen) atoms. The van der Waals surface area contributed by atoms with E-state index in [1.807, 2.05) is 48.5 Å². The molecular formula is C110H95N15O20. The molecule has 730 valence electrons. The summed E-state index contributed by atoms with van der Waals surface area (Å²) in [5.41, 5.74) is 5.97. The number of aromatic nitrogens is 5. The summed E-state index contributed by atoms with van der Waals surface area (Å²) in [4.78, 5) is 158. The van der Waals surface area contributed by atoms with Crippen LogP contribution < -0.4 is 47.4 Å². The molecule has 0 bridgehead atoms. The summed E-state index contributed by atoms with van der Waals surface area (Å²) >= 11 is 0. The number of rotatable bonds is 5. The number of nitrogens with zero attached hydrogens (tertiary/aromatic N) is 10. The lowest BCUT2D eigenvalue weighted by Gasteiger charge is -2.46. The first-order chi connectivity index (χ1) is 84.5. The van der Waals surface area contributed by atoms with E-state index in [-0.39, 0.29) is 171 Å². The van der Waals surface area contributed by atoms with Gasteiger partial charge >= 0.3 is 0 Å². The Bertz CT molecular complexity index is 9960. The van der Waals surface area contributed by atoms with Crippen molar-refractivity contribution in [3.63, 3.8) is 0 Å². The van der Waals surface area contributed by atoms with Crippen molar-refractivity contribution in [1.82, 2.24) is 73.9 Å². The molecule has 15 aliphatic rings. The molecule has 5 fully saturated rings. The lowest BCUT2D eigenvalue weighted by molar-refractivity contribution is -0.157. The van der Waals surface area contributed by atoms with E-state index < -0.39 is 255 Å². The smallest absolute Gasteiger partial charge is 0.245 e. The van der Waals surface area contributed by atoms with Gasteiger partial charge in [-0.05, 0) is 147 Å². The highest BCUT2D eigenvalue weighted by Gasteiger charge is 2.55. The Balaban J connectivity index is 0.000000108. The van der Waals surface area contributed by atoms with Gasteiger partial charge in [0, 0.05) is 171 Å². The van der Waals surface area contributed by atoms with Gasteiger partial charge in [0.05, 0.1) is 84.7 Å². The van der Waals surface area contributed by atoms with Gasteiger partial charge in [-0.2, -0.15) is 0 Å². The van der Waals surface area contributed by atoms with Crippen molar-refractivity contribution in [1.29, 1.82) is 0 Å². The minimum atomic E-state index is -2.93. The van der Waals surface area contributed by atoms with E-state index >= 15 is 0 Å². The number of benzene rings is 10. The van der Waals surface area contributed by atoms with Gasteiger partial charge in [0.1, 0.15) is 35.7 Å². The minimum Gasteiger partial charge on any atom is -0.454 e. The van der Waals surface area contributed by atoms with Crippen LogP contribution in [0.2, 0.25) is 0 Å². The van der Waals surface area contributed by atoms with Crippen molar-refractivity contribution >= 4 is 114 Å². The van der Waals surface area contributed by atoms with Crippen molar-refractivity contribution in [3.8, 4) is 57.5 Å². The molecule has 20 heterocycles. The third kappa shape index (κ3) is 14.2. The largest absolute Gasteiger partial charge is 0.454 e. The van der Waals surface area contributed by atoms with E-state index in [4.69, 9.17) is 88.5 Å². The highest BCUT2D eigenvalue weighted by atomic mass is 16.7. The molecule has 5 saturated heterocycles. The number of ether oxygens (including phenoxy) is 10. The molecular weight excluding hydrogens is 1850 g/mol. The number of aromatic amines is 5. The number of para-hydroxylation sites is 5. The van der Waals surface area contributed by atoms with Gasteiger partial charge in [0.2, 0.25) is 92.9 Å². The molecule has 15 aliphatic heterocycles. The van der Waals surface area contributed by atoms with Crippen molar-refractivity contribution in [3.05, 3.63) is 296 Å². The van der Waals surface area contributed by atoms with E-state index in [2.05, 4.69) is 24.9 Å². The lowest BCUT2D eigenvalue weighted by atomic mass is 9.86. The Morgan fingerprint density at radius 3 is 0.869 bits per heavy atom. The number of nitrogens with one attached hydrogen (secondary N) is 5. The van der Waals surface area contributed by atoms with Gasteiger partial charge < -0.3 is 121 Å². The molecule has 35 heteroatoms. The highest BCUT2D eigenvalue weighted by Crippen LogP contribution is 2.53. The zero-order valence-corrected chi connectivity index (χ0v) is 75.1. The summed E-state index contributed by atoms with van der Waals surface area (Å²) < 4.78 is 341. The number of carbonyl (C=O) groups is 10. The number of carbonyl (C=O) groups excluding carboxylic acids is 10. The fraction of sp³-hybridized carbons (Fsp3) is 0.273. The first-order valence-corrected chi connectivity index (χ1v) is 45.4. The second kappa shape index (κ2) is 33.9. The van der Waals surface area contributed by atoms with Crippen LogP contribution in [0.4, 0.5) is 0 Å². The number of likely N-dealkylation sites (N-methyl/N-ethyl adjacent to an activating group) is 5. The van der Waals surface area contributed by atoms with E-state index in [1.54, 1.807) is 48.5 Å². The molecule has 35 nitrogen and oxygen atoms in total. The topological polar surface area (TPSA) is 374 Å². The number of amides is 10. The summed E-state index contributed by atoms with van der Waals surface area (Å²) in [6, 6.07) is 17.8. The second-order valence-electron chi connectivity index (χ2n) is 35.7. The van der Waals surface area contributed by atoms with E-state index in [1.165, 1.54) is 53.4 Å². The van der Waals surface area contributed by atoms with Crippen molar-refractivity contribution in [2.75, 3.05) is 101 Å².